The van der Waals surface area contributed by atoms with E-state index >= 15 is 0 Å². The largest absolute Gasteiger partial charge is 0.506 e. The molecule has 0 aliphatic carbocycles. The summed E-state index contributed by atoms with van der Waals surface area (Å²) < 4.78 is 29.0. The Labute approximate surface area is 177 Å². The van der Waals surface area contributed by atoms with Crippen LogP contribution in [0.15, 0.2) is 41.6 Å². The zero-order chi connectivity index (χ0) is 21.6. The minimum absolute atomic E-state index is 0.0864. The standard InChI is InChI=1S/C19H19ClN4O5S/c1-11-9-23(30(28,29)18-5-3-13(25)8-21-18)10-17(11)24-16-6-12(20)2-4-14(16)15(22-24)7-19(26)27/h2-6,8,11,17,25H,7,9-10H2,1H3,(H,26,27)/t11-,17+/m1/s1. The Balaban J connectivity index is 1.72. The second kappa shape index (κ2) is 7.53. The highest BCUT2D eigenvalue weighted by Crippen LogP contribution is 2.35. The van der Waals surface area contributed by atoms with Crippen LogP contribution in [-0.4, -0.2) is 56.8 Å². The fourth-order valence-corrected chi connectivity index (χ4v) is 5.42. The van der Waals surface area contributed by atoms with Gasteiger partial charge in [0.25, 0.3) is 10.0 Å². The number of benzene rings is 1. The van der Waals surface area contributed by atoms with Gasteiger partial charge in [-0.05, 0) is 36.2 Å². The molecule has 3 heterocycles. The van der Waals surface area contributed by atoms with Crippen molar-refractivity contribution >= 4 is 38.5 Å². The van der Waals surface area contributed by atoms with E-state index in [0.29, 0.717) is 21.6 Å². The maximum absolute atomic E-state index is 13.0. The number of nitrogens with zero attached hydrogens (tertiary/aromatic N) is 4. The van der Waals surface area contributed by atoms with Crippen LogP contribution >= 0.6 is 11.6 Å². The van der Waals surface area contributed by atoms with Gasteiger partial charge in [-0.2, -0.15) is 9.40 Å². The average molecular weight is 451 g/mol. The summed E-state index contributed by atoms with van der Waals surface area (Å²) in [4.78, 5) is 15.1. The van der Waals surface area contributed by atoms with Crippen LogP contribution < -0.4 is 0 Å². The Hall–Kier alpha value is -2.69. The van der Waals surface area contributed by atoms with Gasteiger partial charge in [0, 0.05) is 23.5 Å². The Kier molecular flexibility index (Phi) is 5.16. The molecule has 1 aliphatic heterocycles. The van der Waals surface area contributed by atoms with E-state index in [1.807, 2.05) is 6.92 Å². The first kappa shape index (κ1) is 20.6. The number of aromatic hydroxyl groups is 1. The Morgan fingerprint density at radius 1 is 1.27 bits per heavy atom. The number of fused-ring (bicyclic) bond motifs is 1. The molecule has 2 N–H and O–H groups in total. The molecule has 30 heavy (non-hydrogen) atoms. The number of aliphatic carboxylic acids is 1. The van der Waals surface area contributed by atoms with Crippen molar-refractivity contribution in [2.75, 3.05) is 13.1 Å². The van der Waals surface area contributed by atoms with Gasteiger partial charge >= 0.3 is 5.97 Å². The number of aromatic nitrogens is 3. The van der Waals surface area contributed by atoms with E-state index in [4.69, 9.17) is 11.6 Å². The topological polar surface area (TPSA) is 126 Å². The van der Waals surface area contributed by atoms with E-state index in [2.05, 4.69) is 10.1 Å². The molecule has 4 rings (SSSR count). The number of carboxylic acid groups (broad SMARTS) is 1. The maximum atomic E-state index is 13.0. The van der Waals surface area contributed by atoms with Gasteiger partial charge in [0.2, 0.25) is 0 Å². The van der Waals surface area contributed by atoms with Crippen molar-refractivity contribution in [3.05, 3.63) is 47.2 Å². The summed E-state index contributed by atoms with van der Waals surface area (Å²) in [6, 6.07) is 7.34. The van der Waals surface area contributed by atoms with E-state index in [1.54, 1.807) is 22.9 Å². The van der Waals surface area contributed by atoms with E-state index in [-0.39, 0.29) is 42.2 Å². The summed E-state index contributed by atoms with van der Waals surface area (Å²) in [7, 11) is -3.85. The first-order chi connectivity index (χ1) is 14.2. The Bertz CT molecular complexity index is 1230. The van der Waals surface area contributed by atoms with Gasteiger partial charge in [-0.3, -0.25) is 9.48 Å². The lowest BCUT2D eigenvalue weighted by atomic mass is 10.1. The predicted octanol–water partition coefficient (Wildman–Crippen LogP) is 2.30. The Morgan fingerprint density at radius 2 is 2.03 bits per heavy atom. The molecule has 0 unspecified atom stereocenters. The highest BCUT2D eigenvalue weighted by Gasteiger charge is 2.40. The van der Waals surface area contributed by atoms with E-state index in [1.165, 1.54) is 16.4 Å². The van der Waals surface area contributed by atoms with E-state index < -0.39 is 16.0 Å². The van der Waals surface area contributed by atoms with Crippen LogP contribution in [0.4, 0.5) is 0 Å². The van der Waals surface area contributed by atoms with Crippen molar-refractivity contribution in [2.24, 2.45) is 5.92 Å². The molecule has 2 atom stereocenters. The molecule has 9 nitrogen and oxygen atoms in total. The summed E-state index contributed by atoms with van der Waals surface area (Å²) in [6.07, 6.45) is 0.844. The van der Waals surface area contributed by atoms with Crippen molar-refractivity contribution in [1.29, 1.82) is 0 Å². The van der Waals surface area contributed by atoms with Gasteiger partial charge in [-0.1, -0.05) is 18.5 Å². The van der Waals surface area contributed by atoms with Gasteiger partial charge in [0.15, 0.2) is 5.03 Å². The van der Waals surface area contributed by atoms with Crippen molar-refractivity contribution in [1.82, 2.24) is 19.1 Å². The van der Waals surface area contributed by atoms with Crippen LogP contribution in [-0.2, 0) is 21.2 Å². The molecule has 0 radical (unpaired) electrons. The molecule has 0 amide bonds. The van der Waals surface area contributed by atoms with E-state index in [9.17, 15) is 23.4 Å². The van der Waals surface area contributed by atoms with Crippen LogP contribution in [0, 0.1) is 5.92 Å². The van der Waals surface area contributed by atoms with Crippen molar-refractivity contribution in [2.45, 2.75) is 24.4 Å². The molecule has 0 saturated carbocycles. The van der Waals surface area contributed by atoms with Gasteiger partial charge in [0.1, 0.15) is 5.75 Å². The summed E-state index contributed by atoms with van der Waals surface area (Å²) in [6.45, 7) is 2.33. The minimum Gasteiger partial charge on any atom is -0.506 e. The predicted molar refractivity (Wildman–Crippen MR) is 109 cm³/mol. The first-order valence-corrected chi connectivity index (χ1v) is 11.0. The van der Waals surface area contributed by atoms with Crippen molar-refractivity contribution in [3.63, 3.8) is 0 Å². The van der Waals surface area contributed by atoms with Crippen LogP contribution in [0.5, 0.6) is 5.75 Å². The number of halogens is 1. The average Bonchev–Trinajstić information content (AvgIpc) is 3.22. The fourth-order valence-electron chi connectivity index (χ4n) is 3.78. The quantitative estimate of drug-likeness (QED) is 0.610. The lowest BCUT2D eigenvalue weighted by Gasteiger charge is -2.17. The molecule has 2 aromatic heterocycles. The molecule has 1 aliphatic rings. The first-order valence-electron chi connectivity index (χ1n) is 9.20. The molecular weight excluding hydrogens is 432 g/mol. The SMILES string of the molecule is C[C@@H]1CN(S(=O)(=O)c2ccc(O)cn2)C[C@@H]1n1nc(CC(=O)O)c2ccc(Cl)cc21. The van der Waals surface area contributed by atoms with Gasteiger partial charge in [0.05, 0.1) is 29.9 Å². The zero-order valence-electron chi connectivity index (χ0n) is 15.9. The summed E-state index contributed by atoms with van der Waals surface area (Å²) in [5, 5.41) is 24.1. The number of carbonyl (C=O) groups is 1. The lowest BCUT2D eigenvalue weighted by Crippen LogP contribution is -2.30. The normalized spacial score (nSPS) is 20.1. The molecule has 1 fully saturated rings. The molecule has 3 aromatic rings. The lowest BCUT2D eigenvalue weighted by molar-refractivity contribution is -0.136. The molecule has 0 bridgehead atoms. The molecular formula is C19H19ClN4O5S. The van der Waals surface area contributed by atoms with Gasteiger partial charge in [-0.25, -0.2) is 13.4 Å². The third kappa shape index (κ3) is 3.62. The number of hydrogen-bond acceptors (Lipinski definition) is 6. The zero-order valence-corrected chi connectivity index (χ0v) is 17.5. The molecule has 158 valence electrons. The van der Waals surface area contributed by atoms with Gasteiger partial charge in [-0.15, -0.1) is 0 Å². The number of pyridine rings is 1. The van der Waals surface area contributed by atoms with Crippen molar-refractivity contribution < 1.29 is 23.4 Å². The molecule has 1 saturated heterocycles. The highest BCUT2D eigenvalue weighted by atomic mass is 35.5. The number of carboxylic acids is 1. The van der Waals surface area contributed by atoms with Gasteiger partial charge < -0.3 is 10.2 Å². The van der Waals surface area contributed by atoms with Crippen LogP contribution in [0.1, 0.15) is 18.7 Å². The second-order valence-electron chi connectivity index (χ2n) is 7.34. The molecule has 1 aromatic carbocycles. The summed E-state index contributed by atoms with van der Waals surface area (Å²) in [5.74, 6) is -1.21. The highest BCUT2D eigenvalue weighted by molar-refractivity contribution is 7.89. The smallest absolute Gasteiger partial charge is 0.309 e. The monoisotopic (exact) mass is 450 g/mol. The molecule has 0 spiro atoms. The van der Waals surface area contributed by atoms with Crippen LogP contribution in [0.3, 0.4) is 0 Å². The van der Waals surface area contributed by atoms with E-state index in [0.717, 1.165) is 6.20 Å². The van der Waals surface area contributed by atoms with Crippen LogP contribution in [0.2, 0.25) is 5.02 Å². The Morgan fingerprint density at radius 3 is 2.70 bits per heavy atom. The third-order valence-corrected chi connectivity index (χ3v) is 7.23. The minimum atomic E-state index is -3.85. The summed E-state index contributed by atoms with van der Waals surface area (Å²) >= 11 is 6.15. The molecule has 11 heteroatoms. The number of rotatable bonds is 5. The number of hydrogen-bond donors (Lipinski definition) is 2. The number of sulfonamides is 1. The maximum Gasteiger partial charge on any atom is 0.309 e. The second-order valence-corrected chi connectivity index (χ2v) is 9.67. The summed E-state index contributed by atoms with van der Waals surface area (Å²) in [5.41, 5.74) is 1.07. The fraction of sp³-hybridized carbons (Fsp3) is 0.316. The van der Waals surface area contributed by atoms with Crippen molar-refractivity contribution in [3.8, 4) is 5.75 Å². The third-order valence-electron chi connectivity index (χ3n) is 5.24. The van der Waals surface area contributed by atoms with Crippen LogP contribution in [0.25, 0.3) is 10.9 Å².